The fraction of sp³-hybridized carbons (Fsp3) is 0.148. The first-order chi connectivity index (χ1) is 14.9. The van der Waals surface area contributed by atoms with Crippen LogP contribution in [-0.2, 0) is 0 Å². The molecule has 0 saturated heterocycles. The monoisotopic (exact) mass is 544 g/mol. The second-order valence-electron chi connectivity index (χ2n) is 7.98. The molecule has 31 heavy (non-hydrogen) atoms. The molecule has 0 atom stereocenters. The maximum atomic E-state index is 7.24. The summed E-state index contributed by atoms with van der Waals surface area (Å²) in [5.74, 6) is 0. The third kappa shape index (κ3) is 4.80. The van der Waals surface area contributed by atoms with Crippen molar-refractivity contribution in [1.29, 1.82) is 0 Å². The molecule has 0 aliphatic carbocycles. The molecule has 3 aromatic rings. The van der Waals surface area contributed by atoms with Gasteiger partial charge in [-0.3, -0.25) is 0 Å². The molecule has 0 radical (unpaired) electrons. The Morgan fingerprint density at radius 3 is 1.61 bits per heavy atom. The van der Waals surface area contributed by atoms with E-state index in [4.69, 9.17) is 8.96 Å². The number of halogens is 1. The van der Waals surface area contributed by atoms with Crippen molar-refractivity contribution in [1.82, 2.24) is 0 Å². The number of rotatable bonds is 5. The standard InChI is InChI=1S/C27H27ClN2Te/c1-29(2)24-14-10-20(11-15-24)23-18-26(21-8-6-5-7-9-21)31(28)27(19-23)22-12-16-25(17-13-22)30(3)4/h5-19H,1-4H3. The Kier molecular flexibility index (Phi) is 6.68. The summed E-state index contributed by atoms with van der Waals surface area (Å²) < 4.78 is 2.59. The molecule has 0 unspecified atom stereocenters. The Hall–Kier alpha value is -2.31. The molecule has 0 spiro atoms. The van der Waals surface area contributed by atoms with Gasteiger partial charge in [0.2, 0.25) is 0 Å². The third-order valence-corrected chi connectivity index (χ3v) is 11.9. The van der Waals surface area contributed by atoms with Crippen LogP contribution in [-0.4, -0.2) is 49.7 Å². The molecule has 0 N–H and O–H groups in total. The quantitative estimate of drug-likeness (QED) is 0.372. The van der Waals surface area contributed by atoms with Crippen molar-refractivity contribution < 1.29 is 0 Å². The van der Waals surface area contributed by atoms with Crippen molar-refractivity contribution in [2.75, 3.05) is 38.0 Å². The number of nitrogens with zero attached hydrogens (tertiary/aromatic N) is 2. The molecule has 1 aliphatic heterocycles. The van der Waals surface area contributed by atoms with Crippen LogP contribution >= 0.6 is 8.96 Å². The predicted molar refractivity (Wildman–Crippen MR) is 140 cm³/mol. The average Bonchev–Trinajstić information content (AvgIpc) is 2.80. The van der Waals surface area contributed by atoms with E-state index >= 15 is 0 Å². The first kappa shape index (κ1) is 21.9. The van der Waals surface area contributed by atoms with Crippen LogP contribution < -0.4 is 9.80 Å². The SMILES string of the molecule is CN(C)c1ccc(C2=CC(c3ccccc3)=[Te](Cl)C(c3ccc(N(C)C)cc3)=C2)cc1. The molecule has 4 heteroatoms. The van der Waals surface area contributed by atoms with Gasteiger partial charge < -0.3 is 0 Å². The molecule has 0 aromatic heterocycles. The normalized spacial score (nSPS) is 14.2. The van der Waals surface area contributed by atoms with Gasteiger partial charge in [0.1, 0.15) is 0 Å². The van der Waals surface area contributed by atoms with Crippen LogP contribution in [0.4, 0.5) is 11.4 Å². The fourth-order valence-corrected chi connectivity index (χ4v) is 9.31. The van der Waals surface area contributed by atoms with E-state index in [0.717, 1.165) is 0 Å². The summed E-state index contributed by atoms with van der Waals surface area (Å²) >= 11 is -2.22. The van der Waals surface area contributed by atoms with Gasteiger partial charge in [0, 0.05) is 0 Å². The average molecular weight is 543 g/mol. The van der Waals surface area contributed by atoms with Crippen molar-refractivity contribution >= 4 is 51.0 Å². The van der Waals surface area contributed by atoms with Gasteiger partial charge in [-0.15, -0.1) is 0 Å². The summed E-state index contributed by atoms with van der Waals surface area (Å²) in [6.07, 6.45) is 4.62. The number of hydrogen-bond acceptors (Lipinski definition) is 2. The molecule has 0 bridgehead atoms. The number of allylic oxidation sites excluding steroid dienone is 3. The van der Waals surface area contributed by atoms with E-state index in [0.29, 0.717) is 0 Å². The van der Waals surface area contributed by atoms with Crippen LogP contribution in [0.3, 0.4) is 0 Å². The molecule has 158 valence electrons. The molecule has 2 nitrogen and oxygen atoms in total. The predicted octanol–water partition coefficient (Wildman–Crippen LogP) is 5.87. The summed E-state index contributed by atoms with van der Waals surface area (Å²) in [5, 5.41) is 0. The van der Waals surface area contributed by atoms with Gasteiger partial charge in [-0.05, 0) is 0 Å². The van der Waals surface area contributed by atoms with E-state index in [1.54, 1.807) is 0 Å². The van der Waals surface area contributed by atoms with Crippen LogP contribution in [0.25, 0.3) is 9.19 Å². The van der Waals surface area contributed by atoms with Gasteiger partial charge in [0.15, 0.2) is 0 Å². The van der Waals surface area contributed by atoms with Crippen LogP contribution in [0.1, 0.15) is 16.7 Å². The van der Waals surface area contributed by atoms with Gasteiger partial charge in [0.05, 0.1) is 0 Å². The van der Waals surface area contributed by atoms with E-state index in [2.05, 4.69) is 129 Å². The molecule has 3 aromatic carbocycles. The molecule has 0 fully saturated rings. The second kappa shape index (κ2) is 9.45. The van der Waals surface area contributed by atoms with Crippen LogP contribution in [0.5, 0.6) is 0 Å². The Morgan fingerprint density at radius 1 is 0.581 bits per heavy atom. The van der Waals surface area contributed by atoms with Crippen LogP contribution in [0.15, 0.2) is 91.0 Å². The van der Waals surface area contributed by atoms with Crippen molar-refractivity contribution in [3.8, 4) is 0 Å². The van der Waals surface area contributed by atoms with Gasteiger partial charge >= 0.3 is 197 Å². The first-order valence-electron chi connectivity index (χ1n) is 10.3. The summed E-state index contributed by atoms with van der Waals surface area (Å²) in [4.78, 5) is 4.24. The Balaban J connectivity index is 1.84. The number of benzene rings is 3. The van der Waals surface area contributed by atoms with Gasteiger partial charge in [-0.2, -0.15) is 0 Å². The zero-order valence-corrected chi connectivity index (χ0v) is 21.4. The third-order valence-electron chi connectivity index (χ3n) is 5.40. The second-order valence-corrected chi connectivity index (χ2v) is 14.0. The van der Waals surface area contributed by atoms with Crippen molar-refractivity contribution in [2.45, 2.75) is 0 Å². The summed E-state index contributed by atoms with van der Waals surface area (Å²) in [5.41, 5.74) is 7.27. The summed E-state index contributed by atoms with van der Waals surface area (Å²) in [7, 11) is 15.5. The molecule has 1 aliphatic rings. The number of anilines is 2. The van der Waals surface area contributed by atoms with Gasteiger partial charge in [0.25, 0.3) is 0 Å². The Labute approximate surface area is 195 Å². The summed E-state index contributed by atoms with van der Waals surface area (Å²) in [6.45, 7) is 0. The van der Waals surface area contributed by atoms with Crippen molar-refractivity contribution in [3.63, 3.8) is 0 Å². The van der Waals surface area contributed by atoms with E-state index < -0.39 is 18.0 Å². The number of hydrogen-bond donors (Lipinski definition) is 0. The molecule has 0 amide bonds. The van der Waals surface area contributed by atoms with E-state index in [9.17, 15) is 0 Å². The molecular formula is C27H27ClN2Te. The minimum absolute atomic E-state index is 1.19. The summed E-state index contributed by atoms with van der Waals surface area (Å²) in [6, 6.07) is 28.1. The fourth-order valence-electron chi connectivity index (χ4n) is 3.56. The van der Waals surface area contributed by atoms with Crippen LogP contribution in [0, 0.1) is 0 Å². The van der Waals surface area contributed by atoms with Crippen molar-refractivity contribution in [2.24, 2.45) is 0 Å². The van der Waals surface area contributed by atoms with E-state index in [1.807, 2.05) is 0 Å². The van der Waals surface area contributed by atoms with Gasteiger partial charge in [-0.1, -0.05) is 0 Å². The molecule has 1 heterocycles. The van der Waals surface area contributed by atoms with Gasteiger partial charge in [-0.25, -0.2) is 0 Å². The Bertz CT molecular complexity index is 1160. The minimum atomic E-state index is -2.22. The topological polar surface area (TPSA) is 6.48 Å². The van der Waals surface area contributed by atoms with Crippen LogP contribution in [0.2, 0.25) is 0 Å². The molecule has 4 rings (SSSR count). The molecular weight excluding hydrogens is 515 g/mol. The maximum absolute atomic E-state index is 7.24. The Morgan fingerprint density at radius 2 is 1.10 bits per heavy atom. The first-order valence-corrected chi connectivity index (χ1v) is 15.5. The zero-order chi connectivity index (χ0) is 22.0. The van der Waals surface area contributed by atoms with E-state index in [1.165, 1.54) is 40.8 Å². The molecule has 0 saturated carbocycles. The van der Waals surface area contributed by atoms with E-state index in [-0.39, 0.29) is 0 Å². The zero-order valence-electron chi connectivity index (χ0n) is 18.3. The van der Waals surface area contributed by atoms with Crippen molar-refractivity contribution in [3.05, 3.63) is 108 Å².